The Labute approximate surface area is 112 Å². The van der Waals surface area contributed by atoms with Crippen LogP contribution < -0.4 is 14.8 Å². The van der Waals surface area contributed by atoms with Gasteiger partial charge in [0.05, 0.1) is 14.2 Å². The van der Waals surface area contributed by atoms with Crippen molar-refractivity contribution >= 4 is 5.82 Å². The lowest BCUT2D eigenvalue weighted by atomic mass is 10.0. The molecule has 2 rings (SSSR count). The molecule has 0 fully saturated rings. The van der Waals surface area contributed by atoms with Gasteiger partial charge in [0.1, 0.15) is 0 Å². The lowest BCUT2D eigenvalue weighted by Gasteiger charge is -2.10. The van der Waals surface area contributed by atoms with Gasteiger partial charge >= 0.3 is 0 Å². The van der Waals surface area contributed by atoms with Crippen LogP contribution in [0.5, 0.6) is 11.5 Å². The highest BCUT2D eigenvalue weighted by molar-refractivity contribution is 5.79. The second-order valence-electron chi connectivity index (χ2n) is 4.17. The number of benzene rings is 1. The number of aromatic amines is 1. The largest absolute Gasteiger partial charge is 0.493 e. The summed E-state index contributed by atoms with van der Waals surface area (Å²) in [4.78, 5) is 0. The number of methoxy groups -OCH3 is 2. The van der Waals surface area contributed by atoms with Gasteiger partial charge in [-0.15, -0.1) is 0 Å². The lowest BCUT2D eigenvalue weighted by molar-refractivity contribution is 0.355. The number of nitrogens with zero attached hydrogens (tertiary/aromatic N) is 1. The lowest BCUT2D eigenvalue weighted by Crippen LogP contribution is -1.98. The SMILES string of the molecule is CCNc1n[nH]c(C)c1-c1ccc(OC)c(OC)c1. The third-order valence-electron chi connectivity index (χ3n) is 2.96. The van der Waals surface area contributed by atoms with E-state index in [2.05, 4.69) is 15.5 Å². The van der Waals surface area contributed by atoms with E-state index in [1.807, 2.05) is 32.0 Å². The number of hydrogen-bond donors (Lipinski definition) is 2. The molecule has 102 valence electrons. The Morgan fingerprint density at radius 3 is 2.58 bits per heavy atom. The molecule has 0 radical (unpaired) electrons. The zero-order chi connectivity index (χ0) is 13.8. The predicted molar refractivity (Wildman–Crippen MR) is 76.0 cm³/mol. The first-order valence-corrected chi connectivity index (χ1v) is 6.22. The third-order valence-corrected chi connectivity index (χ3v) is 2.96. The van der Waals surface area contributed by atoms with Gasteiger partial charge in [0, 0.05) is 17.8 Å². The van der Waals surface area contributed by atoms with E-state index in [1.165, 1.54) is 0 Å². The van der Waals surface area contributed by atoms with Gasteiger partial charge in [0.2, 0.25) is 0 Å². The zero-order valence-corrected chi connectivity index (χ0v) is 11.7. The molecule has 19 heavy (non-hydrogen) atoms. The average molecular weight is 261 g/mol. The summed E-state index contributed by atoms with van der Waals surface area (Å²) in [5.41, 5.74) is 3.12. The van der Waals surface area contributed by atoms with E-state index in [9.17, 15) is 0 Å². The molecule has 1 heterocycles. The van der Waals surface area contributed by atoms with Crippen LogP contribution >= 0.6 is 0 Å². The van der Waals surface area contributed by atoms with Gasteiger partial charge < -0.3 is 14.8 Å². The molecule has 0 aliphatic carbocycles. The molecule has 2 N–H and O–H groups in total. The topological polar surface area (TPSA) is 59.2 Å². The Hall–Kier alpha value is -2.17. The molecule has 2 aromatic rings. The minimum atomic E-state index is 0.711. The van der Waals surface area contributed by atoms with Crippen molar-refractivity contribution in [1.29, 1.82) is 0 Å². The second kappa shape index (κ2) is 5.65. The van der Waals surface area contributed by atoms with Gasteiger partial charge in [0.15, 0.2) is 17.3 Å². The van der Waals surface area contributed by atoms with Crippen molar-refractivity contribution in [3.63, 3.8) is 0 Å². The molecule has 0 unspecified atom stereocenters. The highest BCUT2D eigenvalue weighted by atomic mass is 16.5. The molecule has 1 aromatic heterocycles. The molecular weight excluding hydrogens is 242 g/mol. The molecule has 5 nitrogen and oxygen atoms in total. The van der Waals surface area contributed by atoms with Crippen molar-refractivity contribution in [3.05, 3.63) is 23.9 Å². The maximum absolute atomic E-state index is 5.34. The first-order chi connectivity index (χ1) is 9.21. The van der Waals surface area contributed by atoms with Crippen LogP contribution in [0.15, 0.2) is 18.2 Å². The number of rotatable bonds is 5. The fraction of sp³-hybridized carbons (Fsp3) is 0.357. The molecule has 0 aliphatic heterocycles. The molecule has 0 spiro atoms. The highest BCUT2D eigenvalue weighted by Crippen LogP contribution is 2.36. The summed E-state index contributed by atoms with van der Waals surface area (Å²) in [6.07, 6.45) is 0. The van der Waals surface area contributed by atoms with Gasteiger partial charge in [-0.3, -0.25) is 5.10 Å². The standard InChI is InChI=1S/C14H19N3O2/c1-5-15-14-13(9(2)16-17-14)10-6-7-11(18-3)12(8-10)19-4/h6-8H,5H2,1-4H3,(H2,15,16,17). The average Bonchev–Trinajstić information content (AvgIpc) is 2.79. The molecule has 0 saturated carbocycles. The van der Waals surface area contributed by atoms with Crippen molar-refractivity contribution in [2.75, 3.05) is 26.1 Å². The first-order valence-electron chi connectivity index (χ1n) is 6.22. The van der Waals surface area contributed by atoms with E-state index in [0.717, 1.165) is 34.9 Å². The summed E-state index contributed by atoms with van der Waals surface area (Å²) >= 11 is 0. The Morgan fingerprint density at radius 2 is 1.95 bits per heavy atom. The van der Waals surface area contributed by atoms with Gasteiger partial charge in [0.25, 0.3) is 0 Å². The van der Waals surface area contributed by atoms with Crippen LogP contribution in [0, 0.1) is 6.92 Å². The summed E-state index contributed by atoms with van der Waals surface area (Å²) < 4.78 is 10.6. The maximum atomic E-state index is 5.34. The normalized spacial score (nSPS) is 10.3. The predicted octanol–water partition coefficient (Wildman–Crippen LogP) is 2.83. The highest BCUT2D eigenvalue weighted by Gasteiger charge is 2.14. The van der Waals surface area contributed by atoms with E-state index >= 15 is 0 Å². The van der Waals surface area contributed by atoms with Crippen molar-refractivity contribution < 1.29 is 9.47 Å². The van der Waals surface area contributed by atoms with Gasteiger partial charge in [-0.25, -0.2) is 0 Å². The fourth-order valence-electron chi connectivity index (χ4n) is 2.07. The van der Waals surface area contributed by atoms with Gasteiger partial charge in [-0.05, 0) is 31.5 Å². The van der Waals surface area contributed by atoms with E-state index < -0.39 is 0 Å². The molecule has 0 saturated heterocycles. The Morgan fingerprint density at radius 1 is 1.21 bits per heavy atom. The number of aryl methyl sites for hydroxylation is 1. The summed E-state index contributed by atoms with van der Waals surface area (Å²) in [6.45, 7) is 4.87. The zero-order valence-electron chi connectivity index (χ0n) is 11.7. The molecule has 0 amide bonds. The van der Waals surface area contributed by atoms with Gasteiger partial charge in [-0.1, -0.05) is 6.07 Å². The van der Waals surface area contributed by atoms with Crippen LogP contribution in [0.2, 0.25) is 0 Å². The van der Waals surface area contributed by atoms with Crippen molar-refractivity contribution in [2.45, 2.75) is 13.8 Å². The van der Waals surface area contributed by atoms with Crippen LogP contribution in [0.3, 0.4) is 0 Å². The summed E-state index contributed by atoms with van der Waals surface area (Å²) in [5.74, 6) is 2.28. The molecular formula is C14H19N3O2. The quantitative estimate of drug-likeness (QED) is 0.869. The van der Waals surface area contributed by atoms with Crippen LogP contribution in [0.1, 0.15) is 12.6 Å². The molecule has 0 aliphatic rings. The number of anilines is 1. The Balaban J connectivity index is 2.49. The summed E-state index contributed by atoms with van der Waals surface area (Å²) in [6, 6.07) is 5.86. The second-order valence-corrected chi connectivity index (χ2v) is 4.17. The fourth-order valence-corrected chi connectivity index (χ4v) is 2.07. The monoisotopic (exact) mass is 261 g/mol. The van der Waals surface area contributed by atoms with Crippen LogP contribution in [0.25, 0.3) is 11.1 Å². The van der Waals surface area contributed by atoms with E-state index in [0.29, 0.717) is 5.75 Å². The Kier molecular flexibility index (Phi) is 3.94. The Bertz CT molecular complexity index is 564. The van der Waals surface area contributed by atoms with E-state index in [4.69, 9.17) is 9.47 Å². The van der Waals surface area contributed by atoms with Crippen LogP contribution in [-0.2, 0) is 0 Å². The molecule has 0 atom stereocenters. The third kappa shape index (κ3) is 2.50. The first kappa shape index (κ1) is 13.3. The van der Waals surface area contributed by atoms with Crippen LogP contribution in [0.4, 0.5) is 5.82 Å². The number of H-pyrrole nitrogens is 1. The van der Waals surface area contributed by atoms with E-state index in [1.54, 1.807) is 14.2 Å². The van der Waals surface area contributed by atoms with Gasteiger partial charge in [-0.2, -0.15) is 5.10 Å². The summed E-state index contributed by atoms with van der Waals surface area (Å²) in [7, 11) is 3.26. The summed E-state index contributed by atoms with van der Waals surface area (Å²) in [5, 5.41) is 10.5. The van der Waals surface area contributed by atoms with Crippen molar-refractivity contribution in [2.24, 2.45) is 0 Å². The molecule has 0 bridgehead atoms. The minimum absolute atomic E-state index is 0.711. The van der Waals surface area contributed by atoms with Crippen molar-refractivity contribution in [1.82, 2.24) is 10.2 Å². The molecule has 5 heteroatoms. The number of hydrogen-bond acceptors (Lipinski definition) is 4. The molecule has 1 aromatic carbocycles. The van der Waals surface area contributed by atoms with Crippen molar-refractivity contribution in [3.8, 4) is 22.6 Å². The maximum Gasteiger partial charge on any atom is 0.161 e. The van der Waals surface area contributed by atoms with E-state index in [-0.39, 0.29) is 0 Å². The smallest absolute Gasteiger partial charge is 0.161 e. The number of ether oxygens (including phenoxy) is 2. The number of nitrogens with one attached hydrogen (secondary N) is 2. The van der Waals surface area contributed by atoms with Crippen LogP contribution in [-0.4, -0.2) is 31.0 Å². The number of aromatic nitrogens is 2. The minimum Gasteiger partial charge on any atom is -0.493 e.